The molecule has 0 aliphatic heterocycles. The second-order valence-electron chi connectivity index (χ2n) is 0. The molecule has 1 radical (unpaired) electrons. The Kier molecular flexibility index (Phi) is 5070. The first-order chi connectivity index (χ1) is 0. The first-order valence-corrected chi connectivity index (χ1v) is 0. The van der Waals surface area contributed by atoms with Crippen LogP contribution in [-0.4, -0.2) is 21.9 Å². The molecule has 0 bridgehead atoms. The molecule has 0 aliphatic rings. The van der Waals surface area contributed by atoms with Gasteiger partial charge in [0.05, 0.1) is 0 Å². The summed E-state index contributed by atoms with van der Waals surface area (Å²) < 4.78 is 0. The van der Waals surface area contributed by atoms with Gasteiger partial charge in [0.1, 0.15) is 0 Å². The van der Waals surface area contributed by atoms with Gasteiger partial charge in [-0.15, -0.1) is 0 Å². The van der Waals surface area contributed by atoms with E-state index in [0.29, 0.717) is 0 Å². The summed E-state index contributed by atoms with van der Waals surface area (Å²) in [5.41, 5.74) is 0. The van der Waals surface area contributed by atoms with Gasteiger partial charge in [-0.3, -0.25) is 0 Å². The Morgan fingerprint density at radius 2 is 0.571 bits per heavy atom. The molecular formula is H6CoCr2O4. The Morgan fingerprint density at radius 3 is 0.571 bits per heavy atom. The third-order valence-electron chi connectivity index (χ3n) is 0. The minimum atomic E-state index is 0. The summed E-state index contributed by atoms with van der Waals surface area (Å²) in [4.78, 5) is 0. The largest absolute Gasteiger partial charge is 2.00 e. The monoisotopic (exact) mass is 233 g/mol. The zero-order chi connectivity index (χ0) is 0. The molecule has 7 heavy (non-hydrogen) atoms. The molecule has 0 fully saturated rings. The maximum Gasteiger partial charge on any atom is 2.00 e. The molecule has 0 heterocycles. The summed E-state index contributed by atoms with van der Waals surface area (Å²) in [6.45, 7) is 0. The van der Waals surface area contributed by atoms with E-state index in [4.69, 9.17) is 0 Å². The van der Waals surface area contributed by atoms with E-state index in [1.165, 1.54) is 0 Å². The van der Waals surface area contributed by atoms with Gasteiger partial charge >= 0.3 is 16.8 Å². The fourth-order valence-electron chi connectivity index (χ4n) is 0. The van der Waals surface area contributed by atoms with Crippen molar-refractivity contribution in [1.29, 1.82) is 0 Å². The normalized spacial score (nSPS) is 0. The van der Waals surface area contributed by atoms with Crippen molar-refractivity contribution < 1.29 is 73.4 Å². The van der Waals surface area contributed by atoms with Gasteiger partial charge in [-0.1, -0.05) is 0 Å². The molecule has 0 rings (SSSR count). The molecule has 0 saturated carbocycles. The number of hydrogen-bond acceptors (Lipinski definition) is 2. The Bertz CT molecular complexity index is 9.65. The van der Waals surface area contributed by atoms with Crippen LogP contribution >= 0.6 is 0 Å². The van der Waals surface area contributed by atoms with Crippen LogP contribution in [0.25, 0.3) is 0 Å². The van der Waals surface area contributed by atoms with Crippen LogP contribution in [0.4, 0.5) is 0 Å². The van der Waals surface area contributed by atoms with Crippen LogP contribution in [0.15, 0.2) is 0 Å². The molecule has 0 aliphatic carbocycles. The van der Waals surface area contributed by atoms with Crippen LogP contribution in [0.3, 0.4) is 0 Å². The smallest absolute Gasteiger partial charge is 0.870 e. The van der Waals surface area contributed by atoms with E-state index in [2.05, 4.69) is 0 Å². The predicted molar refractivity (Wildman–Crippen MR) is 11.1 cm³/mol. The van der Waals surface area contributed by atoms with Gasteiger partial charge in [-0.05, 0) is 0 Å². The minimum absolute atomic E-state index is 0. The summed E-state index contributed by atoms with van der Waals surface area (Å²) in [6.07, 6.45) is 0. The summed E-state index contributed by atoms with van der Waals surface area (Å²) in [7, 11) is 0. The van der Waals surface area contributed by atoms with Crippen molar-refractivity contribution in [2.75, 3.05) is 0 Å². The third-order valence-corrected chi connectivity index (χ3v) is 0. The van der Waals surface area contributed by atoms with Crippen LogP contribution in [0.5, 0.6) is 0 Å². The third kappa shape index (κ3) is 109. The topological polar surface area (TPSA) is 123 Å². The summed E-state index contributed by atoms with van der Waals surface area (Å²) in [5.74, 6) is 0. The van der Waals surface area contributed by atoms with E-state index in [1.807, 2.05) is 0 Å². The van der Waals surface area contributed by atoms with E-state index >= 15 is 0 Å². The second-order valence-corrected chi connectivity index (χ2v) is 0. The van der Waals surface area contributed by atoms with Crippen molar-refractivity contribution in [3.63, 3.8) is 0 Å². The summed E-state index contributed by atoms with van der Waals surface area (Å²) in [6, 6.07) is 0. The van der Waals surface area contributed by atoms with E-state index in [1.54, 1.807) is 0 Å². The van der Waals surface area contributed by atoms with Gasteiger partial charge in [-0.25, -0.2) is 0 Å². The molecule has 6 N–H and O–H groups in total. The van der Waals surface area contributed by atoms with Gasteiger partial charge < -0.3 is 21.9 Å². The first kappa shape index (κ1) is 232. The van der Waals surface area contributed by atoms with E-state index in [0.717, 1.165) is 0 Å². The van der Waals surface area contributed by atoms with Crippen LogP contribution < -0.4 is 0 Å². The van der Waals surface area contributed by atoms with Crippen LogP contribution in [-0.2, 0) is 51.5 Å². The molecule has 0 unspecified atom stereocenters. The van der Waals surface area contributed by atoms with Crippen molar-refractivity contribution in [3.8, 4) is 0 Å². The van der Waals surface area contributed by atoms with Gasteiger partial charge in [0.15, 0.2) is 0 Å². The van der Waals surface area contributed by atoms with Gasteiger partial charge in [-0.2, -0.15) is 0 Å². The molecule has 0 aromatic heterocycles. The molecule has 0 atom stereocenters. The Balaban J connectivity index is 0. The molecular weight excluding hydrogens is 227 g/mol. The molecule has 4 nitrogen and oxygen atoms in total. The molecule has 7 heteroatoms. The molecule has 0 amide bonds. The van der Waals surface area contributed by atoms with Crippen molar-refractivity contribution in [1.82, 2.24) is 0 Å². The Labute approximate surface area is 73.4 Å². The van der Waals surface area contributed by atoms with E-state index < -0.39 is 0 Å². The standard InChI is InChI=1S/Co.2Cr.4H2O/h;;;4*1H2/q+2;;;;;;/p-2. The van der Waals surface area contributed by atoms with Crippen LogP contribution in [0, 0.1) is 0 Å². The SMILES string of the molecule is O.O.[Co+2].[Cr].[Cr].[OH-].[OH-]. The summed E-state index contributed by atoms with van der Waals surface area (Å²) in [5, 5.41) is 0. The van der Waals surface area contributed by atoms with Gasteiger partial charge in [0, 0.05) is 34.7 Å². The molecule has 0 aromatic rings. The zero-order valence-corrected chi connectivity index (χ0v) is 6.64. The second kappa shape index (κ2) is 153. The average molecular weight is 233 g/mol. The molecule has 0 aromatic carbocycles. The van der Waals surface area contributed by atoms with Crippen molar-refractivity contribution in [2.45, 2.75) is 0 Å². The molecule has 51 valence electrons. The molecule has 0 saturated heterocycles. The van der Waals surface area contributed by atoms with Gasteiger partial charge in [0.2, 0.25) is 0 Å². The van der Waals surface area contributed by atoms with E-state index in [-0.39, 0.29) is 73.4 Å². The van der Waals surface area contributed by atoms with Crippen molar-refractivity contribution >= 4 is 0 Å². The Morgan fingerprint density at radius 1 is 0.571 bits per heavy atom. The Hall–Kier alpha value is 1.41. The minimum Gasteiger partial charge on any atom is -0.870 e. The van der Waals surface area contributed by atoms with Crippen molar-refractivity contribution in [3.05, 3.63) is 0 Å². The predicted octanol–water partition coefficient (Wildman–Crippen LogP) is -2.01. The van der Waals surface area contributed by atoms with Crippen LogP contribution in [0.1, 0.15) is 0 Å². The molecule has 0 spiro atoms. The first-order valence-electron chi connectivity index (χ1n) is 0. The maximum absolute atomic E-state index is 0. The van der Waals surface area contributed by atoms with Crippen molar-refractivity contribution in [2.24, 2.45) is 0 Å². The van der Waals surface area contributed by atoms with Crippen LogP contribution in [0.2, 0.25) is 0 Å². The van der Waals surface area contributed by atoms with Gasteiger partial charge in [0.25, 0.3) is 0 Å². The number of rotatable bonds is 0. The van der Waals surface area contributed by atoms with E-state index in [9.17, 15) is 0 Å². The zero-order valence-electron chi connectivity index (χ0n) is 3.04. The fraction of sp³-hybridized carbons (Fsp3) is 0. The number of hydrogen-bond donors (Lipinski definition) is 0. The fourth-order valence-corrected chi connectivity index (χ4v) is 0. The average Bonchev–Trinajstić information content (AvgIpc) is 0. The quantitative estimate of drug-likeness (QED) is 0.479. The maximum atomic E-state index is 0. The summed E-state index contributed by atoms with van der Waals surface area (Å²) >= 11 is 0.